The van der Waals surface area contributed by atoms with Gasteiger partial charge in [-0.2, -0.15) is 0 Å². The Morgan fingerprint density at radius 1 is 0.471 bits per heavy atom. The molecule has 1 aromatic heterocycles. The van der Waals surface area contributed by atoms with E-state index in [0.29, 0.717) is 5.92 Å². The van der Waals surface area contributed by atoms with Crippen molar-refractivity contribution in [3.05, 3.63) is 274 Å². The number of para-hydroxylation sites is 1. The van der Waals surface area contributed by atoms with Crippen LogP contribution in [0, 0.1) is 0 Å². The van der Waals surface area contributed by atoms with Crippen LogP contribution in [0.1, 0.15) is 93.3 Å². The van der Waals surface area contributed by atoms with Crippen LogP contribution in [0.25, 0.3) is 66.7 Å². The summed E-state index contributed by atoms with van der Waals surface area (Å²) < 4.78 is 6.89. The van der Waals surface area contributed by atoms with Crippen molar-refractivity contribution < 1.29 is 4.42 Å². The average Bonchev–Trinajstić information content (AvgIpc) is 3.88. The second kappa shape index (κ2) is 15.9. The zero-order valence-corrected chi connectivity index (χ0v) is 39.3. The van der Waals surface area contributed by atoms with Gasteiger partial charge >= 0.3 is 0 Å². The van der Waals surface area contributed by atoms with Gasteiger partial charge in [0.2, 0.25) is 0 Å². The Morgan fingerprint density at radius 3 is 1.70 bits per heavy atom. The molecular weight excluding hydrogens is 849 g/mol. The number of hydrogen-bond donors (Lipinski definition) is 1. The lowest BCUT2D eigenvalue weighted by Gasteiger charge is -2.31. The van der Waals surface area contributed by atoms with Gasteiger partial charge in [0.1, 0.15) is 17.0 Å². The first-order chi connectivity index (χ1) is 34.4. The molecule has 2 atom stereocenters. The fraction of sp³-hybridized carbons (Fsp3) is 0.119. The summed E-state index contributed by atoms with van der Waals surface area (Å²) >= 11 is 0. The molecule has 9 aromatic carbocycles. The maximum absolute atomic E-state index is 6.89. The molecule has 3 nitrogen and oxygen atoms in total. The summed E-state index contributed by atoms with van der Waals surface area (Å²) in [7, 11) is 0. The third-order valence-corrected chi connectivity index (χ3v) is 15.9. The van der Waals surface area contributed by atoms with Crippen LogP contribution in [-0.4, -0.2) is 5.84 Å². The summed E-state index contributed by atoms with van der Waals surface area (Å²) in [6.45, 7) is 4.88. The van der Waals surface area contributed by atoms with Crippen LogP contribution in [0.3, 0.4) is 0 Å². The van der Waals surface area contributed by atoms with Gasteiger partial charge in [-0.15, -0.1) is 0 Å². The van der Waals surface area contributed by atoms with Crippen molar-refractivity contribution >= 4 is 39.2 Å². The molecule has 1 N–H and O–H groups in total. The van der Waals surface area contributed by atoms with E-state index in [1.165, 1.54) is 77.9 Å². The average molecular weight is 899 g/mol. The lowest BCUT2D eigenvalue weighted by Crippen LogP contribution is -2.24. The standard InChI is InChI=1S/C67H50N2O/c1-67(2)60-37-45-35-53(41-18-6-3-7-19-41)47-24-12-14-26-49(47)55(45)39-57(60)58-40-56-46(38-61(58)67)36-54(48-25-13-15-27-50(48)56)44-32-33-64-59(34-44)51-28-16-29-52(65(51)70-64)66-68-62(42-20-8-4-9-21-42)30-17-31-63(69-66)43-22-10-5-11-23-43/h3-16,18-34,37-40,53-54H,17,35-36H2,1-2H3,(H,68,69)/b62-30+,63-31?. The van der Waals surface area contributed by atoms with Crippen LogP contribution >= 0.6 is 0 Å². The van der Waals surface area contributed by atoms with Crippen molar-refractivity contribution in [3.8, 4) is 33.4 Å². The van der Waals surface area contributed by atoms with Gasteiger partial charge in [-0.25, -0.2) is 4.99 Å². The maximum Gasteiger partial charge on any atom is 0.146 e. The third kappa shape index (κ3) is 6.45. The summed E-state index contributed by atoms with van der Waals surface area (Å²) in [6.07, 6.45) is 7.14. The minimum absolute atomic E-state index is 0.141. The lowest BCUT2D eigenvalue weighted by atomic mass is 9.73. The molecule has 0 saturated carbocycles. The molecule has 0 spiro atoms. The van der Waals surface area contributed by atoms with E-state index in [-0.39, 0.29) is 11.3 Å². The highest BCUT2D eigenvalue weighted by Crippen LogP contribution is 2.56. The minimum atomic E-state index is -0.141. The Balaban J connectivity index is 0.852. The summed E-state index contributed by atoms with van der Waals surface area (Å²) in [5.74, 6) is 1.27. The molecule has 0 radical (unpaired) electrons. The fourth-order valence-electron chi connectivity index (χ4n) is 12.4. The molecular formula is C67H50N2O. The molecule has 4 aliphatic rings. The molecule has 0 bridgehead atoms. The third-order valence-electron chi connectivity index (χ3n) is 15.9. The molecule has 0 fully saturated rings. The van der Waals surface area contributed by atoms with Crippen LogP contribution in [0.5, 0.6) is 0 Å². The number of rotatable bonds is 5. The molecule has 0 amide bonds. The zero-order valence-electron chi connectivity index (χ0n) is 39.3. The van der Waals surface area contributed by atoms with Crippen LogP contribution in [0.15, 0.2) is 222 Å². The van der Waals surface area contributed by atoms with E-state index in [1.807, 2.05) is 6.07 Å². The van der Waals surface area contributed by atoms with E-state index in [2.05, 4.69) is 225 Å². The molecule has 10 aromatic rings. The predicted molar refractivity (Wildman–Crippen MR) is 289 cm³/mol. The number of benzene rings is 9. The largest absolute Gasteiger partial charge is 0.455 e. The Hall–Kier alpha value is -8.27. The van der Waals surface area contributed by atoms with Crippen LogP contribution in [-0.2, 0) is 18.3 Å². The molecule has 70 heavy (non-hydrogen) atoms. The van der Waals surface area contributed by atoms with Gasteiger partial charge in [-0.1, -0.05) is 196 Å². The zero-order chi connectivity index (χ0) is 46.5. The highest BCUT2D eigenvalue weighted by atomic mass is 16.3. The summed E-state index contributed by atoms with van der Waals surface area (Å²) in [5, 5.41) is 5.97. The second-order valence-electron chi connectivity index (χ2n) is 20.1. The predicted octanol–water partition coefficient (Wildman–Crippen LogP) is 16.4. The van der Waals surface area contributed by atoms with Crippen molar-refractivity contribution in [1.29, 1.82) is 0 Å². The monoisotopic (exact) mass is 898 g/mol. The molecule has 2 heterocycles. The van der Waals surface area contributed by atoms with E-state index in [1.54, 1.807) is 0 Å². The van der Waals surface area contributed by atoms with Gasteiger partial charge in [-0.3, -0.25) is 0 Å². The van der Waals surface area contributed by atoms with Gasteiger partial charge in [-0.05, 0) is 139 Å². The Labute approximate surface area is 409 Å². The van der Waals surface area contributed by atoms with Gasteiger partial charge in [0.05, 0.1) is 11.3 Å². The first-order valence-corrected chi connectivity index (χ1v) is 24.9. The van der Waals surface area contributed by atoms with E-state index < -0.39 is 0 Å². The number of hydrogen-bond acceptors (Lipinski definition) is 3. The first kappa shape index (κ1) is 40.8. The van der Waals surface area contributed by atoms with Gasteiger partial charge in [0.25, 0.3) is 0 Å². The topological polar surface area (TPSA) is 37.5 Å². The van der Waals surface area contributed by atoms with Gasteiger partial charge < -0.3 is 9.73 Å². The van der Waals surface area contributed by atoms with E-state index in [4.69, 9.17) is 9.41 Å². The highest BCUT2D eigenvalue weighted by molar-refractivity contribution is 6.17. The van der Waals surface area contributed by atoms with Crippen molar-refractivity contribution in [2.45, 2.75) is 50.4 Å². The van der Waals surface area contributed by atoms with Gasteiger partial charge in [0.15, 0.2) is 0 Å². The normalized spacial score (nSPS) is 18.1. The van der Waals surface area contributed by atoms with Crippen LogP contribution in [0.4, 0.5) is 0 Å². The number of allylic oxidation sites excluding steroid dienone is 2. The van der Waals surface area contributed by atoms with Crippen molar-refractivity contribution in [1.82, 2.24) is 5.32 Å². The number of fused-ring (bicyclic) bond motifs is 12. The van der Waals surface area contributed by atoms with E-state index >= 15 is 0 Å². The summed E-state index contributed by atoms with van der Waals surface area (Å²) in [6, 6.07) is 73.8. The fourth-order valence-corrected chi connectivity index (χ4v) is 12.4. The maximum atomic E-state index is 6.89. The van der Waals surface area contributed by atoms with Gasteiger partial charge in [0, 0.05) is 33.7 Å². The molecule has 1 aliphatic heterocycles. The van der Waals surface area contributed by atoms with E-state index in [9.17, 15) is 0 Å². The Kier molecular flexibility index (Phi) is 9.26. The molecule has 0 saturated heterocycles. The highest BCUT2D eigenvalue weighted by Gasteiger charge is 2.40. The second-order valence-corrected chi connectivity index (χ2v) is 20.1. The van der Waals surface area contributed by atoms with Crippen LogP contribution < -0.4 is 5.32 Å². The first-order valence-electron chi connectivity index (χ1n) is 24.9. The molecule has 3 heteroatoms. The minimum Gasteiger partial charge on any atom is -0.455 e. The lowest BCUT2D eigenvalue weighted by molar-refractivity contribution is 0.655. The number of nitrogens with zero attached hydrogens (tertiary/aromatic N) is 1. The Bertz CT molecular complexity index is 3850. The number of aliphatic imine (C=N–C) groups is 1. The van der Waals surface area contributed by atoms with E-state index in [0.717, 1.165) is 75.1 Å². The number of furan rings is 1. The van der Waals surface area contributed by atoms with Crippen molar-refractivity contribution in [2.24, 2.45) is 4.99 Å². The Morgan fingerprint density at radius 2 is 1.04 bits per heavy atom. The molecule has 2 unspecified atom stereocenters. The van der Waals surface area contributed by atoms with Crippen molar-refractivity contribution in [2.75, 3.05) is 0 Å². The smallest absolute Gasteiger partial charge is 0.146 e. The summed E-state index contributed by atoms with van der Waals surface area (Å²) in [5.41, 5.74) is 26.0. The number of nitrogens with one attached hydrogen (secondary N) is 1. The molecule has 14 rings (SSSR count). The SMILES string of the molecule is CC1(C)c2cc3c(cc2-c2cc4c(cc21)CC(c1ccc2oc5c(C6=N/C(c7ccccc7)=C/CC=C(c7ccccc7)N6)cccc5c2c1)c1ccccc1-4)-c1ccccc1C(c1ccccc1)C3. The molecule has 3 aliphatic carbocycles. The van der Waals surface area contributed by atoms with Crippen LogP contribution in [0.2, 0.25) is 0 Å². The summed E-state index contributed by atoms with van der Waals surface area (Å²) in [4.78, 5) is 5.37. The quantitative estimate of drug-likeness (QED) is 0.187. The molecule has 334 valence electrons. The number of amidine groups is 1. The van der Waals surface area contributed by atoms with Crippen molar-refractivity contribution in [3.63, 3.8) is 0 Å².